The molecule has 0 aromatic heterocycles. The van der Waals surface area contributed by atoms with Gasteiger partial charge in [0.05, 0.1) is 0 Å². The molecule has 0 aliphatic carbocycles. The maximum atomic E-state index is 3.20. The summed E-state index contributed by atoms with van der Waals surface area (Å²) >= 11 is 6.40. The molecule has 0 nitrogen and oxygen atoms in total. The fourth-order valence-corrected chi connectivity index (χ4v) is 0. The van der Waals surface area contributed by atoms with Crippen LogP contribution in [0.4, 0.5) is 0 Å². The normalized spacial score (nSPS) is 6.00. The maximum absolute atomic E-state index is 3.20. The van der Waals surface area contributed by atoms with Crippen molar-refractivity contribution in [1.82, 2.24) is 0 Å². The van der Waals surface area contributed by atoms with Crippen LogP contribution in [-0.4, -0.2) is 38.0 Å². The van der Waals surface area contributed by atoms with Crippen molar-refractivity contribution >= 4 is 59.2 Å². The Hall–Kier alpha value is 1.88. The number of hydrogen-bond acceptors (Lipinski definition) is 0. The average molecular weight is 395 g/mol. The third-order valence-corrected chi connectivity index (χ3v) is 1.93. The van der Waals surface area contributed by atoms with E-state index in [-0.39, 0.29) is 27.3 Å². The quantitative estimate of drug-likeness (QED) is 0.466. The fraction of sp³-hybridized carbons (Fsp3) is 1.00. The molecule has 0 unspecified atom stereocenters. The van der Waals surface area contributed by atoms with Gasteiger partial charge in [-0.2, -0.15) is 0 Å². The summed E-state index contributed by atoms with van der Waals surface area (Å²) in [6, 6.07) is 0. The zero-order valence-electron chi connectivity index (χ0n) is 2.67. The van der Waals surface area contributed by atoms with Gasteiger partial charge in [-0.05, 0) is 0 Å². The summed E-state index contributed by atoms with van der Waals surface area (Å²) in [7, 11) is 0. The first-order valence-electron chi connectivity index (χ1n) is 1.03. The van der Waals surface area contributed by atoms with Gasteiger partial charge >= 0.3 is 0 Å². The van der Waals surface area contributed by atoms with Crippen LogP contribution in [0, 0.1) is 0 Å². The SMILES string of the molecule is BrCCBr.[Pb]. The van der Waals surface area contributed by atoms with Gasteiger partial charge in [0.15, 0.2) is 0 Å². The second kappa shape index (κ2) is 9.30. The molecule has 0 atom stereocenters. The molecule has 0 aromatic carbocycles. The van der Waals surface area contributed by atoms with Crippen LogP contribution in [-0.2, 0) is 0 Å². The number of rotatable bonds is 1. The summed E-state index contributed by atoms with van der Waals surface area (Å²) in [4.78, 5) is 0. The molecule has 0 rings (SSSR count). The van der Waals surface area contributed by atoms with E-state index in [1.165, 1.54) is 0 Å². The second-order valence-corrected chi connectivity index (χ2v) is 1.96. The Morgan fingerprint density at radius 3 is 1.20 bits per heavy atom. The number of hydrogen-bond donors (Lipinski definition) is 0. The van der Waals surface area contributed by atoms with Gasteiger partial charge in [0, 0.05) is 38.0 Å². The van der Waals surface area contributed by atoms with Gasteiger partial charge in [0.2, 0.25) is 0 Å². The van der Waals surface area contributed by atoms with Crippen LogP contribution in [0.15, 0.2) is 0 Å². The Morgan fingerprint density at radius 2 is 1.20 bits per heavy atom. The topological polar surface area (TPSA) is 0 Å². The van der Waals surface area contributed by atoms with E-state index in [2.05, 4.69) is 31.9 Å². The standard InChI is InChI=1S/C2H4Br2.Pb/c3-1-2-4;/h1-2H2;. The molecule has 4 radical (unpaired) electrons. The van der Waals surface area contributed by atoms with E-state index in [0.717, 1.165) is 10.7 Å². The van der Waals surface area contributed by atoms with Gasteiger partial charge in [-0.3, -0.25) is 0 Å². The van der Waals surface area contributed by atoms with Crippen molar-refractivity contribution in [2.45, 2.75) is 0 Å². The van der Waals surface area contributed by atoms with Gasteiger partial charge < -0.3 is 0 Å². The molecule has 30 valence electrons. The largest absolute Gasteiger partial charge is 0.0919 e. The van der Waals surface area contributed by atoms with E-state index < -0.39 is 0 Å². The molecule has 0 saturated carbocycles. The van der Waals surface area contributed by atoms with Crippen LogP contribution in [0.2, 0.25) is 0 Å². The van der Waals surface area contributed by atoms with Crippen LogP contribution in [0.25, 0.3) is 0 Å². The van der Waals surface area contributed by atoms with E-state index in [1.54, 1.807) is 0 Å². The van der Waals surface area contributed by atoms with Crippen LogP contribution in [0.1, 0.15) is 0 Å². The molecule has 0 saturated heterocycles. The Kier molecular flexibility index (Phi) is 18.6. The van der Waals surface area contributed by atoms with Gasteiger partial charge in [0.1, 0.15) is 0 Å². The van der Waals surface area contributed by atoms with Gasteiger partial charge in [0.25, 0.3) is 0 Å². The first-order valence-corrected chi connectivity index (χ1v) is 3.28. The van der Waals surface area contributed by atoms with Crippen LogP contribution in [0.3, 0.4) is 0 Å². The molecule has 0 aliphatic heterocycles. The van der Waals surface area contributed by atoms with Gasteiger partial charge in [-0.1, -0.05) is 31.9 Å². The minimum Gasteiger partial charge on any atom is -0.0919 e. The van der Waals surface area contributed by atoms with Crippen molar-refractivity contribution in [3.05, 3.63) is 0 Å². The molecule has 3 heteroatoms. The molecule has 0 amide bonds. The summed E-state index contributed by atoms with van der Waals surface area (Å²) in [5.74, 6) is 0. The molecule has 0 aliphatic rings. The molecule has 0 bridgehead atoms. The zero-order chi connectivity index (χ0) is 3.41. The molecule has 0 N–H and O–H groups in total. The molecule has 0 aromatic rings. The Morgan fingerprint density at radius 1 is 1.00 bits per heavy atom. The van der Waals surface area contributed by atoms with Crippen molar-refractivity contribution in [2.24, 2.45) is 0 Å². The van der Waals surface area contributed by atoms with E-state index in [0.29, 0.717) is 0 Å². The Labute approximate surface area is 69.1 Å². The van der Waals surface area contributed by atoms with Crippen molar-refractivity contribution in [1.29, 1.82) is 0 Å². The molecule has 0 spiro atoms. The van der Waals surface area contributed by atoms with Crippen LogP contribution >= 0.6 is 31.9 Å². The number of alkyl halides is 2. The van der Waals surface area contributed by atoms with Gasteiger partial charge in [-0.15, -0.1) is 0 Å². The Balaban J connectivity index is 0. The summed E-state index contributed by atoms with van der Waals surface area (Å²) in [6.45, 7) is 0. The predicted octanol–water partition coefficient (Wildman–Crippen LogP) is 1.40. The first kappa shape index (κ1) is 9.99. The summed E-state index contributed by atoms with van der Waals surface area (Å²) in [5, 5.41) is 2.10. The molecular formula is C2H4Br2Pb. The number of halogens is 2. The second-order valence-electron chi connectivity index (χ2n) is 0.378. The van der Waals surface area contributed by atoms with E-state index in [4.69, 9.17) is 0 Å². The summed E-state index contributed by atoms with van der Waals surface area (Å²) < 4.78 is 0. The van der Waals surface area contributed by atoms with Crippen molar-refractivity contribution in [2.75, 3.05) is 10.7 Å². The third-order valence-electron chi connectivity index (χ3n) is 0.0714. The first-order chi connectivity index (χ1) is 1.91. The molecule has 0 heterocycles. The third kappa shape index (κ3) is 10.7. The van der Waals surface area contributed by atoms with Crippen LogP contribution < -0.4 is 0 Å². The molecule has 5 heavy (non-hydrogen) atoms. The van der Waals surface area contributed by atoms with E-state index >= 15 is 0 Å². The average Bonchev–Trinajstić information content (AvgIpc) is 1.37. The minimum atomic E-state index is 0. The molecule has 0 fully saturated rings. The smallest absolute Gasteiger partial charge is 0.0129 e. The van der Waals surface area contributed by atoms with Crippen molar-refractivity contribution in [3.8, 4) is 0 Å². The maximum Gasteiger partial charge on any atom is 0.0129 e. The van der Waals surface area contributed by atoms with E-state index in [1.807, 2.05) is 0 Å². The van der Waals surface area contributed by atoms with Crippen molar-refractivity contribution < 1.29 is 0 Å². The van der Waals surface area contributed by atoms with Gasteiger partial charge in [-0.25, -0.2) is 0 Å². The Bertz CT molecular complexity index is 9.61. The van der Waals surface area contributed by atoms with Crippen molar-refractivity contribution in [3.63, 3.8) is 0 Å². The monoisotopic (exact) mass is 394 g/mol. The summed E-state index contributed by atoms with van der Waals surface area (Å²) in [6.07, 6.45) is 0. The fourth-order valence-electron chi connectivity index (χ4n) is 0. The predicted molar refractivity (Wildman–Crippen MR) is 33.3 cm³/mol. The summed E-state index contributed by atoms with van der Waals surface area (Å²) in [5.41, 5.74) is 0. The zero-order valence-corrected chi connectivity index (χ0v) is 9.73. The minimum absolute atomic E-state index is 0. The molecular weight excluding hydrogens is 391 g/mol. The van der Waals surface area contributed by atoms with Crippen LogP contribution in [0.5, 0.6) is 0 Å². The van der Waals surface area contributed by atoms with E-state index in [9.17, 15) is 0 Å².